The molecule has 3 rings (SSSR count). The molecule has 0 aliphatic heterocycles. The number of H-pyrrole nitrogens is 1. The van der Waals surface area contributed by atoms with Gasteiger partial charge in [0.1, 0.15) is 5.69 Å². The van der Waals surface area contributed by atoms with Crippen LogP contribution in [0, 0.1) is 19.3 Å². The maximum Gasteiger partial charge on any atom is 0.267 e. The number of carbonyl (C=O) groups is 1. The Morgan fingerprint density at radius 3 is 2.64 bits per heavy atom. The van der Waals surface area contributed by atoms with E-state index >= 15 is 0 Å². The van der Waals surface area contributed by atoms with Crippen molar-refractivity contribution < 1.29 is 4.79 Å². The van der Waals surface area contributed by atoms with E-state index < -0.39 is 0 Å². The van der Waals surface area contributed by atoms with E-state index in [0.29, 0.717) is 17.2 Å². The van der Waals surface area contributed by atoms with Crippen LogP contribution in [0.1, 0.15) is 61.4 Å². The van der Waals surface area contributed by atoms with Crippen LogP contribution in [-0.2, 0) is 0 Å². The van der Waals surface area contributed by atoms with Crippen LogP contribution in [0.3, 0.4) is 0 Å². The normalized spacial score (nSPS) is 18.5. The monoisotopic (exact) mass is 299 g/mol. The summed E-state index contributed by atoms with van der Waals surface area (Å²) in [6.45, 7) is 8.56. The molecule has 22 heavy (non-hydrogen) atoms. The first-order valence-corrected chi connectivity index (χ1v) is 8.12. The molecule has 1 aliphatic rings. The van der Waals surface area contributed by atoms with Crippen molar-refractivity contribution in [1.29, 1.82) is 0 Å². The number of rotatable bonds is 2. The van der Waals surface area contributed by atoms with Gasteiger partial charge in [0.05, 0.1) is 11.2 Å². The Balaban J connectivity index is 1.74. The van der Waals surface area contributed by atoms with E-state index in [4.69, 9.17) is 0 Å². The summed E-state index contributed by atoms with van der Waals surface area (Å²) < 4.78 is 0. The second-order valence-corrected chi connectivity index (χ2v) is 7.41. The third-order valence-corrected chi connectivity index (χ3v) is 4.84. The molecule has 2 N–H and O–H groups in total. The number of aromatic amines is 1. The van der Waals surface area contributed by atoms with Crippen LogP contribution in [-0.4, -0.2) is 21.9 Å². The lowest BCUT2D eigenvalue weighted by Crippen LogP contribution is -2.39. The molecule has 0 spiro atoms. The van der Waals surface area contributed by atoms with Gasteiger partial charge in [-0.2, -0.15) is 0 Å². The summed E-state index contributed by atoms with van der Waals surface area (Å²) in [5, 5.41) is 4.23. The van der Waals surface area contributed by atoms with Crippen LogP contribution in [0.25, 0.3) is 10.9 Å². The van der Waals surface area contributed by atoms with Crippen molar-refractivity contribution in [3.8, 4) is 0 Å². The fraction of sp³-hybridized carbons (Fsp3) is 0.556. The molecular formula is C18H25N3O. The highest BCUT2D eigenvalue weighted by atomic mass is 16.1. The quantitative estimate of drug-likeness (QED) is 0.884. The van der Waals surface area contributed by atoms with Crippen molar-refractivity contribution in [1.82, 2.24) is 15.3 Å². The van der Waals surface area contributed by atoms with Crippen molar-refractivity contribution in [2.24, 2.45) is 5.41 Å². The lowest BCUT2D eigenvalue weighted by molar-refractivity contribution is 0.0905. The lowest BCUT2D eigenvalue weighted by Gasteiger charge is -2.34. The molecule has 0 aromatic carbocycles. The molecule has 0 bridgehead atoms. The minimum Gasteiger partial charge on any atom is -0.349 e. The van der Waals surface area contributed by atoms with Crippen LogP contribution < -0.4 is 5.32 Å². The van der Waals surface area contributed by atoms with Gasteiger partial charge in [-0.15, -0.1) is 0 Å². The molecule has 0 saturated heterocycles. The summed E-state index contributed by atoms with van der Waals surface area (Å²) in [7, 11) is 0. The first-order valence-electron chi connectivity index (χ1n) is 8.12. The molecule has 0 radical (unpaired) electrons. The number of pyridine rings is 1. The van der Waals surface area contributed by atoms with Gasteiger partial charge in [-0.1, -0.05) is 13.8 Å². The molecule has 1 amide bonds. The number of aryl methyl sites for hydroxylation is 2. The zero-order valence-electron chi connectivity index (χ0n) is 13.9. The highest BCUT2D eigenvalue weighted by Crippen LogP contribution is 2.35. The van der Waals surface area contributed by atoms with Crippen molar-refractivity contribution in [3.05, 3.63) is 29.2 Å². The van der Waals surface area contributed by atoms with Crippen LogP contribution in [0.5, 0.6) is 0 Å². The maximum absolute atomic E-state index is 12.5. The predicted octanol–water partition coefficient (Wildman–Crippen LogP) is 3.88. The lowest BCUT2D eigenvalue weighted by atomic mass is 9.75. The zero-order chi connectivity index (χ0) is 15.9. The van der Waals surface area contributed by atoms with E-state index in [1.54, 1.807) is 0 Å². The van der Waals surface area contributed by atoms with E-state index in [0.717, 1.165) is 35.1 Å². The Morgan fingerprint density at radius 2 is 1.95 bits per heavy atom. The topological polar surface area (TPSA) is 57.8 Å². The molecule has 1 aliphatic carbocycles. The Morgan fingerprint density at radius 1 is 1.27 bits per heavy atom. The van der Waals surface area contributed by atoms with Gasteiger partial charge in [0.2, 0.25) is 0 Å². The molecule has 2 aromatic heterocycles. The molecular weight excluding hydrogens is 274 g/mol. The Bertz CT molecular complexity index is 704. The number of aromatic nitrogens is 2. The Labute approximate surface area is 131 Å². The number of hydrogen-bond donors (Lipinski definition) is 2. The number of nitrogens with zero attached hydrogens (tertiary/aromatic N) is 1. The van der Waals surface area contributed by atoms with Crippen molar-refractivity contribution >= 4 is 16.8 Å². The molecule has 1 fully saturated rings. The minimum absolute atomic E-state index is 0.00189. The predicted molar refractivity (Wildman–Crippen MR) is 89.1 cm³/mol. The molecule has 4 nitrogen and oxygen atoms in total. The van der Waals surface area contributed by atoms with Crippen LogP contribution in [0.2, 0.25) is 0 Å². The summed E-state index contributed by atoms with van der Waals surface area (Å²) in [4.78, 5) is 20.1. The standard InChI is InChI=1S/C18H25N3O/c1-11-9-13-10-15(21-16(13)12(2)19-11)17(22)20-14-5-7-18(3,4)8-6-14/h9-10,14,21H,5-8H2,1-4H3,(H,20,22). The smallest absolute Gasteiger partial charge is 0.267 e. The van der Waals surface area contributed by atoms with Gasteiger partial charge in [0.25, 0.3) is 5.91 Å². The van der Waals surface area contributed by atoms with Crippen LogP contribution >= 0.6 is 0 Å². The summed E-state index contributed by atoms with van der Waals surface area (Å²) in [6, 6.07) is 4.24. The van der Waals surface area contributed by atoms with Crippen LogP contribution in [0.4, 0.5) is 0 Å². The van der Waals surface area contributed by atoms with Crippen molar-refractivity contribution in [3.63, 3.8) is 0 Å². The van der Waals surface area contributed by atoms with Gasteiger partial charge in [-0.25, -0.2) is 0 Å². The van der Waals surface area contributed by atoms with Gasteiger partial charge >= 0.3 is 0 Å². The third kappa shape index (κ3) is 3.01. The SMILES string of the molecule is Cc1cc2cc(C(=O)NC3CCC(C)(C)CC3)[nH]c2c(C)n1. The number of nitrogens with one attached hydrogen (secondary N) is 2. The molecule has 0 atom stereocenters. The Hall–Kier alpha value is -1.84. The van der Waals surface area contributed by atoms with Gasteiger partial charge in [0.15, 0.2) is 0 Å². The van der Waals surface area contributed by atoms with E-state index in [1.807, 2.05) is 26.0 Å². The largest absolute Gasteiger partial charge is 0.349 e. The average molecular weight is 299 g/mol. The first-order chi connectivity index (χ1) is 10.3. The number of hydrogen-bond acceptors (Lipinski definition) is 2. The summed E-state index contributed by atoms with van der Waals surface area (Å²) in [5.41, 5.74) is 3.93. The average Bonchev–Trinajstić information content (AvgIpc) is 2.85. The van der Waals surface area contributed by atoms with Crippen molar-refractivity contribution in [2.75, 3.05) is 0 Å². The highest BCUT2D eigenvalue weighted by molar-refractivity contribution is 5.98. The number of amides is 1. The molecule has 4 heteroatoms. The van der Waals surface area contributed by atoms with E-state index in [-0.39, 0.29) is 5.91 Å². The molecule has 2 heterocycles. The second kappa shape index (κ2) is 5.41. The van der Waals surface area contributed by atoms with Crippen molar-refractivity contribution in [2.45, 2.75) is 59.4 Å². The number of carbonyl (C=O) groups excluding carboxylic acids is 1. The van der Waals surface area contributed by atoms with E-state index in [1.165, 1.54) is 12.8 Å². The number of fused-ring (bicyclic) bond motifs is 1. The summed E-state index contributed by atoms with van der Waals surface area (Å²) >= 11 is 0. The highest BCUT2D eigenvalue weighted by Gasteiger charge is 2.28. The van der Waals surface area contributed by atoms with Crippen LogP contribution in [0.15, 0.2) is 12.1 Å². The van der Waals surface area contributed by atoms with E-state index in [9.17, 15) is 4.79 Å². The molecule has 1 saturated carbocycles. The minimum atomic E-state index is -0.00189. The second-order valence-electron chi connectivity index (χ2n) is 7.41. The van der Waals surface area contributed by atoms with Gasteiger partial charge in [-0.3, -0.25) is 9.78 Å². The van der Waals surface area contributed by atoms with Gasteiger partial charge in [-0.05, 0) is 57.1 Å². The third-order valence-electron chi connectivity index (χ3n) is 4.84. The fourth-order valence-electron chi connectivity index (χ4n) is 3.39. The molecule has 118 valence electrons. The van der Waals surface area contributed by atoms with Gasteiger partial charge < -0.3 is 10.3 Å². The molecule has 2 aromatic rings. The summed E-state index contributed by atoms with van der Waals surface area (Å²) in [6.07, 6.45) is 4.48. The Kier molecular flexibility index (Phi) is 3.71. The van der Waals surface area contributed by atoms with Gasteiger partial charge in [0, 0.05) is 17.1 Å². The zero-order valence-corrected chi connectivity index (χ0v) is 13.9. The first kappa shape index (κ1) is 15.1. The van der Waals surface area contributed by atoms with E-state index in [2.05, 4.69) is 29.1 Å². The summed E-state index contributed by atoms with van der Waals surface area (Å²) in [5.74, 6) is -0.00189. The molecule has 0 unspecified atom stereocenters. The maximum atomic E-state index is 12.5. The fourth-order valence-corrected chi connectivity index (χ4v) is 3.39.